The summed E-state index contributed by atoms with van der Waals surface area (Å²) in [5.41, 5.74) is 1.98. The number of ketones is 1. The number of benzene rings is 2. The highest BCUT2D eigenvalue weighted by Gasteiger charge is 2.39. The van der Waals surface area contributed by atoms with Gasteiger partial charge in [0.25, 0.3) is 0 Å². The van der Waals surface area contributed by atoms with Gasteiger partial charge in [-0.2, -0.15) is 0 Å². The van der Waals surface area contributed by atoms with E-state index in [4.69, 9.17) is 18.0 Å². The minimum absolute atomic E-state index is 0.0687. The first kappa shape index (κ1) is 30.4. The molecule has 37 heavy (non-hydrogen) atoms. The van der Waals surface area contributed by atoms with Crippen LogP contribution in [0.2, 0.25) is 6.04 Å². The lowest BCUT2D eigenvalue weighted by atomic mass is 10.0. The molecule has 0 heterocycles. The average molecular weight is 529 g/mol. The van der Waals surface area contributed by atoms with Gasteiger partial charge in [0.15, 0.2) is 5.78 Å². The lowest BCUT2D eigenvalue weighted by Crippen LogP contribution is -2.45. The summed E-state index contributed by atoms with van der Waals surface area (Å²) >= 11 is 0. The van der Waals surface area contributed by atoms with Crippen molar-refractivity contribution < 1.29 is 32.3 Å². The lowest BCUT2D eigenvalue weighted by Gasteiger charge is -2.28. The molecule has 2 rings (SSSR count). The molecule has 2 aromatic carbocycles. The predicted molar refractivity (Wildman–Crippen MR) is 147 cm³/mol. The molecule has 0 bridgehead atoms. The summed E-state index contributed by atoms with van der Waals surface area (Å²) < 4.78 is 28.2. The number of carbonyl (C=O) groups is 2. The molecule has 0 saturated heterocycles. The molecule has 0 spiro atoms. The maximum absolute atomic E-state index is 12.8. The normalized spacial score (nSPS) is 11.6. The Bertz CT molecular complexity index is 954. The van der Waals surface area contributed by atoms with Gasteiger partial charge in [-0.25, -0.2) is 4.79 Å². The van der Waals surface area contributed by atoms with Gasteiger partial charge in [0.2, 0.25) is 0 Å². The van der Waals surface area contributed by atoms with E-state index in [0.29, 0.717) is 37.6 Å². The highest BCUT2D eigenvalue weighted by molar-refractivity contribution is 6.60. The maximum atomic E-state index is 12.8. The molecule has 0 amide bonds. The van der Waals surface area contributed by atoms with Crippen LogP contribution in [0.3, 0.4) is 0 Å². The van der Waals surface area contributed by atoms with Crippen LogP contribution in [0.25, 0.3) is 6.08 Å². The number of unbranched alkanes of at least 4 members (excludes halogenated alkanes) is 3. The molecule has 7 nitrogen and oxygen atoms in total. The van der Waals surface area contributed by atoms with Crippen molar-refractivity contribution in [2.45, 2.75) is 52.5 Å². The molecule has 8 heteroatoms. The van der Waals surface area contributed by atoms with Crippen molar-refractivity contribution in [2.24, 2.45) is 0 Å². The number of hydrogen-bond acceptors (Lipinski definition) is 7. The van der Waals surface area contributed by atoms with Gasteiger partial charge in [-0.05, 0) is 69.5 Å². The largest absolute Gasteiger partial charge is 0.500 e. The second kappa shape index (κ2) is 16.9. The van der Waals surface area contributed by atoms with Crippen LogP contribution < -0.4 is 4.74 Å². The van der Waals surface area contributed by atoms with Gasteiger partial charge in [-0.1, -0.05) is 37.1 Å². The molecule has 0 unspecified atom stereocenters. The molecule has 0 radical (unpaired) electrons. The van der Waals surface area contributed by atoms with Gasteiger partial charge in [-0.3, -0.25) is 4.79 Å². The highest BCUT2D eigenvalue weighted by atomic mass is 28.4. The van der Waals surface area contributed by atoms with Crippen LogP contribution in [-0.4, -0.2) is 54.1 Å². The SMILES string of the molecule is CCO[Si](CCCCCCOc1ccc(C(=O)c2ccc(C=CC(=O)OC)cc2)cc1)(OCC)OCC. The van der Waals surface area contributed by atoms with Crippen molar-refractivity contribution in [1.82, 2.24) is 0 Å². The Morgan fingerprint density at radius 3 is 1.84 bits per heavy atom. The van der Waals surface area contributed by atoms with E-state index in [2.05, 4.69) is 4.74 Å². The Labute approximate surface area is 222 Å². The number of rotatable bonds is 18. The zero-order valence-corrected chi connectivity index (χ0v) is 23.5. The zero-order chi connectivity index (χ0) is 26.9. The molecule has 0 atom stereocenters. The Morgan fingerprint density at radius 1 is 0.757 bits per heavy atom. The third-order valence-electron chi connectivity index (χ3n) is 5.64. The van der Waals surface area contributed by atoms with Crippen LogP contribution in [0.15, 0.2) is 54.6 Å². The fourth-order valence-electron chi connectivity index (χ4n) is 3.84. The summed E-state index contributed by atoms with van der Waals surface area (Å²) in [5.74, 6) is 0.253. The summed E-state index contributed by atoms with van der Waals surface area (Å²) in [5, 5.41) is 0. The molecule has 0 fully saturated rings. The van der Waals surface area contributed by atoms with Crippen LogP contribution in [0.1, 0.15) is 67.9 Å². The van der Waals surface area contributed by atoms with E-state index in [-0.39, 0.29) is 5.78 Å². The number of methoxy groups -OCH3 is 1. The third kappa shape index (κ3) is 10.6. The predicted octanol–water partition coefficient (Wildman–Crippen LogP) is 6.09. The van der Waals surface area contributed by atoms with Gasteiger partial charge >= 0.3 is 14.8 Å². The van der Waals surface area contributed by atoms with Crippen molar-refractivity contribution in [1.29, 1.82) is 0 Å². The summed E-state index contributed by atoms with van der Waals surface area (Å²) in [6, 6.07) is 15.1. The summed E-state index contributed by atoms with van der Waals surface area (Å²) in [6.07, 6.45) is 7.06. The third-order valence-corrected chi connectivity index (χ3v) is 8.79. The van der Waals surface area contributed by atoms with Crippen LogP contribution in [-0.2, 0) is 22.8 Å². The Hall–Kier alpha value is -2.78. The van der Waals surface area contributed by atoms with Crippen molar-refractivity contribution in [3.8, 4) is 5.75 Å². The first-order valence-electron chi connectivity index (χ1n) is 13.0. The molecule has 0 aliphatic carbocycles. The number of hydrogen-bond donors (Lipinski definition) is 0. The first-order valence-corrected chi connectivity index (χ1v) is 15.0. The van der Waals surface area contributed by atoms with Crippen molar-refractivity contribution in [3.05, 3.63) is 71.3 Å². The quantitative estimate of drug-likeness (QED) is 0.0761. The molecule has 0 aliphatic heterocycles. The fraction of sp³-hybridized carbons (Fsp3) is 0.448. The van der Waals surface area contributed by atoms with E-state index >= 15 is 0 Å². The fourth-order valence-corrected chi connectivity index (χ4v) is 6.52. The van der Waals surface area contributed by atoms with Crippen LogP contribution in [0, 0.1) is 0 Å². The van der Waals surface area contributed by atoms with E-state index in [0.717, 1.165) is 43.0 Å². The van der Waals surface area contributed by atoms with E-state index in [1.54, 1.807) is 42.5 Å². The number of ether oxygens (including phenoxy) is 2. The standard InChI is InChI=1S/C29H40O7Si/c1-5-34-37(35-6-2,36-7-3)23-11-9-8-10-22-33-27-19-17-26(18-20-27)29(31)25-15-12-24(13-16-25)14-21-28(30)32-4/h12-21H,5-11,22-23H2,1-4H3. The van der Waals surface area contributed by atoms with E-state index < -0.39 is 14.8 Å². The van der Waals surface area contributed by atoms with Crippen molar-refractivity contribution in [2.75, 3.05) is 33.5 Å². The topological polar surface area (TPSA) is 80.3 Å². The molecule has 202 valence electrons. The Morgan fingerprint density at radius 2 is 1.30 bits per heavy atom. The second-order valence-corrected chi connectivity index (χ2v) is 11.1. The molecule has 0 N–H and O–H groups in total. The summed E-state index contributed by atoms with van der Waals surface area (Å²) in [7, 11) is -1.22. The van der Waals surface area contributed by atoms with Crippen LogP contribution in [0.4, 0.5) is 0 Å². The maximum Gasteiger partial charge on any atom is 0.500 e. The first-order chi connectivity index (χ1) is 18.0. The van der Waals surface area contributed by atoms with Crippen molar-refractivity contribution in [3.63, 3.8) is 0 Å². The van der Waals surface area contributed by atoms with Crippen LogP contribution in [0.5, 0.6) is 5.75 Å². The molecular weight excluding hydrogens is 488 g/mol. The molecule has 2 aromatic rings. The molecular formula is C29H40O7Si. The highest BCUT2D eigenvalue weighted by Crippen LogP contribution is 2.21. The Balaban J connectivity index is 1.74. The van der Waals surface area contributed by atoms with E-state index in [1.165, 1.54) is 13.2 Å². The van der Waals surface area contributed by atoms with Gasteiger partial charge < -0.3 is 22.8 Å². The second-order valence-electron chi connectivity index (χ2n) is 8.33. The molecule has 0 aliphatic rings. The van der Waals surface area contributed by atoms with Crippen LogP contribution >= 0.6 is 0 Å². The minimum atomic E-state index is -2.55. The van der Waals surface area contributed by atoms with E-state index in [1.807, 2.05) is 32.9 Å². The number of esters is 1. The van der Waals surface area contributed by atoms with Gasteiger partial charge in [0.05, 0.1) is 13.7 Å². The van der Waals surface area contributed by atoms with E-state index in [9.17, 15) is 9.59 Å². The van der Waals surface area contributed by atoms with Gasteiger partial charge in [0, 0.05) is 43.1 Å². The van der Waals surface area contributed by atoms with Crippen molar-refractivity contribution >= 4 is 26.6 Å². The van der Waals surface area contributed by atoms with Gasteiger partial charge in [-0.15, -0.1) is 0 Å². The average Bonchev–Trinajstić information content (AvgIpc) is 2.92. The Kier molecular flexibility index (Phi) is 13.9. The zero-order valence-electron chi connectivity index (χ0n) is 22.5. The lowest BCUT2D eigenvalue weighted by molar-refractivity contribution is -0.134. The molecule has 0 aromatic heterocycles. The summed E-state index contributed by atoms with van der Waals surface area (Å²) in [6.45, 7) is 8.37. The minimum Gasteiger partial charge on any atom is -0.494 e. The smallest absolute Gasteiger partial charge is 0.494 e. The number of carbonyl (C=O) groups excluding carboxylic acids is 2. The van der Waals surface area contributed by atoms with Gasteiger partial charge in [0.1, 0.15) is 5.75 Å². The molecule has 0 saturated carbocycles. The monoisotopic (exact) mass is 528 g/mol. The summed E-state index contributed by atoms with van der Waals surface area (Å²) in [4.78, 5) is 24.0.